The fourth-order valence-corrected chi connectivity index (χ4v) is 2.14. The van der Waals surface area contributed by atoms with E-state index in [0.29, 0.717) is 12.1 Å². The summed E-state index contributed by atoms with van der Waals surface area (Å²) in [5.41, 5.74) is -2.49. The molecule has 0 aromatic heterocycles. The number of carbonyl (C=O) groups excluding carboxylic acids is 1. The van der Waals surface area contributed by atoms with Crippen molar-refractivity contribution in [3.05, 3.63) is 35.4 Å². The highest BCUT2D eigenvalue weighted by Gasteiger charge is 2.59. The maximum atomic E-state index is 13.3. The van der Waals surface area contributed by atoms with Gasteiger partial charge in [-0.2, -0.15) is 27.2 Å². The Morgan fingerprint density at radius 2 is 1.75 bits per heavy atom. The van der Waals surface area contributed by atoms with Crippen molar-refractivity contribution in [3.8, 4) is 6.07 Å². The third-order valence-electron chi connectivity index (χ3n) is 3.35. The van der Waals surface area contributed by atoms with Gasteiger partial charge in [-0.15, -0.1) is 0 Å². The van der Waals surface area contributed by atoms with Gasteiger partial charge in [0.2, 0.25) is 0 Å². The van der Waals surface area contributed by atoms with Crippen molar-refractivity contribution in [1.82, 2.24) is 0 Å². The van der Waals surface area contributed by atoms with Gasteiger partial charge in [0, 0.05) is 18.4 Å². The van der Waals surface area contributed by atoms with Crippen LogP contribution in [0.5, 0.6) is 0 Å². The Balaban J connectivity index is 2.45. The summed E-state index contributed by atoms with van der Waals surface area (Å²) in [6.45, 7) is 0. The van der Waals surface area contributed by atoms with Crippen LogP contribution in [0.3, 0.4) is 0 Å². The fraction of sp³-hybridized carbons (Fsp3) is 0.385. The Bertz CT molecular complexity index is 592. The topological polar surface area (TPSA) is 40.9 Å². The van der Waals surface area contributed by atoms with Crippen LogP contribution in [0.15, 0.2) is 24.3 Å². The Labute approximate surface area is 110 Å². The largest absolute Gasteiger partial charge is 0.458 e. The van der Waals surface area contributed by atoms with Crippen molar-refractivity contribution in [3.63, 3.8) is 0 Å². The molecule has 7 heteroatoms. The molecule has 0 atom stereocenters. The number of alkyl halides is 5. The van der Waals surface area contributed by atoms with Gasteiger partial charge in [0.05, 0.1) is 11.5 Å². The van der Waals surface area contributed by atoms with E-state index >= 15 is 0 Å². The van der Waals surface area contributed by atoms with Gasteiger partial charge in [-0.3, -0.25) is 4.79 Å². The van der Waals surface area contributed by atoms with Crippen LogP contribution in [0.25, 0.3) is 0 Å². The molecule has 2 nitrogen and oxygen atoms in total. The van der Waals surface area contributed by atoms with Crippen LogP contribution in [0.4, 0.5) is 22.0 Å². The zero-order valence-electron chi connectivity index (χ0n) is 9.97. The Morgan fingerprint density at radius 1 is 1.15 bits per heavy atom. The highest BCUT2D eigenvalue weighted by Crippen LogP contribution is 2.46. The van der Waals surface area contributed by atoms with Gasteiger partial charge in [-0.25, -0.2) is 0 Å². The minimum Gasteiger partial charge on any atom is -0.300 e. The summed E-state index contributed by atoms with van der Waals surface area (Å²) >= 11 is 0. The van der Waals surface area contributed by atoms with Crippen LogP contribution in [0.1, 0.15) is 24.0 Å². The van der Waals surface area contributed by atoms with E-state index in [1.54, 1.807) is 0 Å². The number of nitriles is 1. The minimum atomic E-state index is -5.71. The van der Waals surface area contributed by atoms with Crippen LogP contribution < -0.4 is 0 Å². The average molecular weight is 289 g/mol. The number of halogens is 5. The number of rotatable bonds is 2. The molecule has 0 bridgehead atoms. The first-order chi connectivity index (χ1) is 9.12. The third kappa shape index (κ3) is 2.05. The summed E-state index contributed by atoms with van der Waals surface area (Å²) in [5.74, 6) is -5.22. The SMILES string of the molecule is N#CC1(c2cccc(C(F)(F)C(F)(F)F)c2)CC(=O)C1. The highest BCUT2D eigenvalue weighted by atomic mass is 19.4. The molecule has 0 radical (unpaired) electrons. The molecule has 0 heterocycles. The molecule has 0 saturated heterocycles. The lowest BCUT2D eigenvalue weighted by Gasteiger charge is -2.34. The van der Waals surface area contributed by atoms with Gasteiger partial charge in [-0.1, -0.05) is 18.2 Å². The second-order valence-electron chi connectivity index (χ2n) is 4.74. The number of carbonyl (C=O) groups is 1. The summed E-state index contributed by atoms with van der Waals surface area (Å²) in [7, 11) is 0. The predicted molar refractivity (Wildman–Crippen MR) is 57.9 cm³/mol. The van der Waals surface area contributed by atoms with Crippen LogP contribution >= 0.6 is 0 Å². The van der Waals surface area contributed by atoms with E-state index < -0.39 is 23.1 Å². The smallest absolute Gasteiger partial charge is 0.300 e. The van der Waals surface area contributed by atoms with Crippen LogP contribution in [0.2, 0.25) is 0 Å². The second-order valence-corrected chi connectivity index (χ2v) is 4.74. The van der Waals surface area contributed by atoms with Gasteiger partial charge in [-0.05, 0) is 11.6 Å². The van der Waals surface area contributed by atoms with Gasteiger partial charge >= 0.3 is 12.1 Å². The fourth-order valence-electron chi connectivity index (χ4n) is 2.14. The number of ketones is 1. The first-order valence-electron chi connectivity index (χ1n) is 5.61. The monoisotopic (exact) mass is 289 g/mol. The maximum absolute atomic E-state index is 13.3. The molecular formula is C13H8F5NO. The molecule has 0 unspecified atom stereocenters. The van der Waals surface area contributed by atoms with Crippen molar-refractivity contribution >= 4 is 5.78 Å². The number of hydrogen-bond donors (Lipinski definition) is 0. The van der Waals surface area contributed by atoms with E-state index in [1.165, 1.54) is 6.07 Å². The zero-order chi connectivity index (χ0) is 15.2. The number of Topliss-reactive ketones (excluding diaryl/α,β-unsaturated/α-hetero) is 1. The van der Waals surface area contributed by atoms with Crippen LogP contribution in [-0.4, -0.2) is 12.0 Å². The highest BCUT2D eigenvalue weighted by molar-refractivity contribution is 5.90. The van der Waals surface area contributed by atoms with Crippen molar-refractivity contribution in [2.24, 2.45) is 0 Å². The number of hydrogen-bond acceptors (Lipinski definition) is 2. The maximum Gasteiger partial charge on any atom is 0.458 e. The predicted octanol–water partition coefficient (Wildman–Crippen LogP) is 3.46. The first-order valence-corrected chi connectivity index (χ1v) is 5.61. The standard InChI is InChI=1S/C13H8F5NO/c14-12(15,13(16,17)18)9-3-1-2-8(4-9)11(7-19)5-10(20)6-11/h1-4H,5-6H2. The van der Waals surface area contributed by atoms with E-state index in [1.807, 2.05) is 6.07 Å². The Kier molecular flexibility index (Phi) is 3.08. The molecule has 2 rings (SSSR count). The number of benzene rings is 1. The zero-order valence-corrected chi connectivity index (χ0v) is 9.97. The van der Waals surface area contributed by atoms with Crippen LogP contribution in [0, 0.1) is 11.3 Å². The number of nitrogens with zero attached hydrogens (tertiary/aromatic N) is 1. The van der Waals surface area contributed by atoms with E-state index in [0.717, 1.165) is 6.07 Å². The molecule has 1 fully saturated rings. The Morgan fingerprint density at radius 3 is 2.20 bits per heavy atom. The van der Waals surface area contributed by atoms with Crippen molar-refractivity contribution < 1.29 is 26.7 Å². The quantitative estimate of drug-likeness (QED) is 0.782. The molecule has 0 amide bonds. The van der Waals surface area contributed by atoms with Gasteiger partial charge < -0.3 is 0 Å². The van der Waals surface area contributed by atoms with E-state index in [4.69, 9.17) is 5.26 Å². The van der Waals surface area contributed by atoms with E-state index in [9.17, 15) is 26.7 Å². The lowest BCUT2D eigenvalue weighted by atomic mass is 9.64. The molecule has 106 valence electrons. The molecule has 20 heavy (non-hydrogen) atoms. The molecule has 1 aromatic rings. The second kappa shape index (κ2) is 4.27. The molecule has 0 spiro atoms. The molecule has 0 aliphatic heterocycles. The lowest BCUT2D eigenvalue weighted by Crippen LogP contribution is -2.41. The van der Waals surface area contributed by atoms with Gasteiger partial charge in [0.15, 0.2) is 0 Å². The normalized spacial score (nSPS) is 18.3. The summed E-state index contributed by atoms with van der Waals surface area (Å²) in [5, 5.41) is 9.05. The van der Waals surface area contributed by atoms with E-state index in [-0.39, 0.29) is 24.2 Å². The van der Waals surface area contributed by atoms with Crippen molar-refractivity contribution in [2.45, 2.75) is 30.4 Å². The molecule has 1 aliphatic carbocycles. The van der Waals surface area contributed by atoms with E-state index in [2.05, 4.69) is 0 Å². The molecule has 1 aliphatic rings. The molecular weight excluding hydrogens is 281 g/mol. The van der Waals surface area contributed by atoms with Crippen molar-refractivity contribution in [1.29, 1.82) is 5.26 Å². The lowest BCUT2D eigenvalue weighted by molar-refractivity contribution is -0.289. The third-order valence-corrected chi connectivity index (χ3v) is 3.35. The molecule has 1 saturated carbocycles. The Hall–Kier alpha value is -1.97. The van der Waals surface area contributed by atoms with Crippen LogP contribution in [-0.2, 0) is 16.1 Å². The minimum absolute atomic E-state index is 0.0148. The summed E-state index contributed by atoms with van der Waals surface area (Å²) in [6.07, 6.45) is -6.03. The summed E-state index contributed by atoms with van der Waals surface area (Å²) in [4.78, 5) is 11.0. The molecule has 1 aromatic carbocycles. The van der Waals surface area contributed by atoms with Gasteiger partial charge in [0.25, 0.3) is 0 Å². The summed E-state index contributed by atoms with van der Waals surface area (Å²) < 4.78 is 63.5. The van der Waals surface area contributed by atoms with Gasteiger partial charge in [0.1, 0.15) is 5.78 Å². The van der Waals surface area contributed by atoms with Crippen molar-refractivity contribution in [2.75, 3.05) is 0 Å². The average Bonchev–Trinajstić information content (AvgIpc) is 2.33. The first kappa shape index (κ1) is 14.4. The molecule has 0 N–H and O–H groups in total. The summed E-state index contributed by atoms with van der Waals surface area (Å²) in [6, 6.07) is 5.46.